The molecule has 436 valence electrons. The summed E-state index contributed by atoms with van der Waals surface area (Å²) in [5, 5.41) is 254. The predicted octanol–water partition coefficient (Wildman–Crippen LogP) is -5.23. The molecule has 33 nitrogen and oxygen atoms in total. The molecule has 0 radical (unpaired) electrons. The zero-order valence-corrected chi connectivity index (χ0v) is 39.9. The van der Waals surface area contributed by atoms with E-state index in [1.165, 1.54) is 6.92 Å². The van der Waals surface area contributed by atoms with Gasteiger partial charge in [-0.05, 0) is 6.42 Å². The molecule has 0 spiro atoms. The van der Waals surface area contributed by atoms with Crippen LogP contribution in [0.4, 0.5) is 0 Å². The molecule has 0 aromatic carbocycles. The highest BCUT2D eigenvalue weighted by molar-refractivity contribution is 5.14. The molecule has 24 N–H and O–H groups in total. The summed E-state index contributed by atoms with van der Waals surface area (Å²) in [6.07, 6.45) is -45.4. The van der Waals surface area contributed by atoms with E-state index in [1.807, 2.05) is 0 Å². The van der Waals surface area contributed by atoms with Crippen molar-refractivity contribution in [2.45, 2.75) is 163 Å². The highest BCUT2D eigenvalue weighted by Crippen LogP contribution is 2.34. The summed E-state index contributed by atoms with van der Waals surface area (Å²) in [6.45, 7) is -4.27. The van der Waals surface area contributed by atoms with Gasteiger partial charge < -0.3 is 165 Å². The summed E-state index contributed by atoms with van der Waals surface area (Å²) in [6, 6.07) is 0. The van der Waals surface area contributed by atoms with Gasteiger partial charge in [0.05, 0.1) is 12.7 Å². The fourth-order valence-electron chi connectivity index (χ4n) is 7.45. The highest BCUT2D eigenvalue weighted by atomic mass is 16.8. The molecule has 0 aromatic heterocycles. The Balaban J connectivity index is 2.20. The van der Waals surface area contributed by atoms with Gasteiger partial charge in [-0.3, -0.25) is 0 Å². The first-order valence-corrected chi connectivity index (χ1v) is 23.0. The van der Waals surface area contributed by atoms with Crippen molar-refractivity contribution in [3.63, 3.8) is 0 Å². The van der Waals surface area contributed by atoms with E-state index >= 15 is 0 Å². The van der Waals surface area contributed by atoms with E-state index in [4.69, 9.17) is 42.6 Å². The molecule has 5 aliphatic rings. The molecule has 75 heavy (non-hydrogen) atoms. The van der Waals surface area contributed by atoms with Crippen LogP contribution < -0.4 is 0 Å². The van der Waals surface area contributed by atoms with Gasteiger partial charge in [0.2, 0.25) is 30.9 Å². The third-order valence-electron chi connectivity index (χ3n) is 11.6. The maximum Gasteiger partial charge on any atom is 0.319 e. The van der Waals surface area contributed by atoms with Crippen molar-refractivity contribution in [1.82, 2.24) is 0 Å². The lowest BCUT2D eigenvalue weighted by Crippen LogP contribution is -2.65. The predicted molar refractivity (Wildman–Crippen MR) is 237 cm³/mol. The molecular weight excluding hydrogens is 1030 g/mol. The van der Waals surface area contributed by atoms with E-state index in [0.717, 1.165) is 0 Å². The van der Waals surface area contributed by atoms with Crippen LogP contribution >= 0.6 is 0 Å². The monoisotopic (exact) mass is 1100 g/mol. The first-order chi connectivity index (χ1) is 35.4. The van der Waals surface area contributed by atoms with Gasteiger partial charge >= 0.3 is 5.95 Å². The Bertz CT molecular complexity index is 1910. The van der Waals surface area contributed by atoms with Crippen LogP contribution in [0.2, 0.25) is 0 Å². The smallest absolute Gasteiger partial charge is 0.319 e. The first-order valence-electron chi connectivity index (χ1n) is 23.0. The van der Waals surface area contributed by atoms with Crippen LogP contribution in [-0.2, 0) is 42.6 Å². The van der Waals surface area contributed by atoms with Gasteiger partial charge in [0, 0.05) is 65.1 Å². The van der Waals surface area contributed by atoms with Crippen molar-refractivity contribution >= 4 is 0 Å². The van der Waals surface area contributed by atoms with Crippen molar-refractivity contribution in [3.8, 4) is 0 Å². The molecule has 19 atom stereocenters. The fourth-order valence-corrected chi connectivity index (χ4v) is 7.45. The molecule has 0 amide bonds. The van der Waals surface area contributed by atoms with Crippen molar-refractivity contribution in [1.29, 1.82) is 0 Å². The second kappa shape index (κ2) is 30.5. The quantitative estimate of drug-likeness (QED) is 0.0868. The Hall–Kier alpha value is -4.38. The average Bonchev–Trinajstić information content (AvgIpc) is 3.39. The lowest BCUT2D eigenvalue weighted by atomic mass is 9.95. The van der Waals surface area contributed by atoms with E-state index < -0.39 is 247 Å². The third kappa shape index (κ3) is 16.6. The second-order valence-corrected chi connectivity index (χ2v) is 16.7. The zero-order chi connectivity index (χ0) is 56.6. The molecule has 2 fully saturated rings. The number of rotatable bonds is 12. The third-order valence-corrected chi connectivity index (χ3v) is 11.6. The topological polar surface area (TPSA) is 569 Å². The first kappa shape index (κ1) is 64.9. The van der Waals surface area contributed by atoms with E-state index in [1.54, 1.807) is 0 Å². The minimum absolute atomic E-state index is 0.119. The molecular formula is C42H70O33. The van der Waals surface area contributed by atoms with Crippen LogP contribution in [0.1, 0.15) is 45.4 Å². The van der Waals surface area contributed by atoms with Crippen molar-refractivity contribution in [3.05, 3.63) is 57.8 Å². The lowest BCUT2D eigenvalue weighted by Gasteiger charge is -2.47. The van der Waals surface area contributed by atoms with Crippen LogP contribution in [0.5, 0.6) is 0 Å². The molecule has 33 heteroatoms. The minimum atomic E-state index is -2.81. The Kier molecular flexibility index (Phi) is 26.4. The van der Waals surface area contributed by atoms with Gasteiger partial charge in [0.15, 0.2) is 64.8 Å². The SMILES string of the molecule is CCC1OC2OC(CCO)/C(O)=C(/O)C(O)OC(CCO)/C(O)=C(\O)C(O)OC(CCO)/C(O)=C(\O)OC(CCO)/C(O)=C(/O)C(O)OC(CCO)/C(O)=C(/O)C(O)OC3C(CO)OC(OC1C(O)C2O)C(O)C3O. The molecule has 5 rings (SSSR count). The fraction of sp³-hybridized carbons (Fsp3) is 0.762. The van der Waals surface area contributed by atoms with E-state index in [0.29, 0.717) is 0 Å². The molecule has 5 heterocycles. The van der Waals surface area contributed by atoms with Crippen LogP contribution in [0, 0.1) is 0 Å². The molecule has 19 unspecified atom stereocenters. The summed E-state index contributed by atoms with van der Waals surface area (Å²) in [5.74, 6) is -15.3. The maximum atomic E-state index is 11.3. The molecule has 5 aliphatic heterocycles. The number of hydrogen-bond donors (Lipinski definition) is 24. The Labute approximate surface area is 424 Å². The summed E-state index contributed by atoms with van der Waals surface area (Å²) in [5.41, 5.74) is 0. The van der Waals surface area contributed by atoms with E-state index in [-0.39, 0.29) is 6.42 Å². The Morgan fingerprint density at radius 2 is 0.627 bits per heavy atom. The van der Waals surface area contributed by atoms with E-state index in [2.05, 4.69) is 0 Å². The number of fused-ring (bicyclic) bond motifs is 2. The van der Waals surface area contributed by atoms with Gasteiger partial charge in [-0.2, -0.15) is 0 Å². The molecule has 4 bridgehead atoms. The van der Waals surface area contributed by atoms with Crippen molar-refractivity contribution in [2.75, 3.05) is 39.6 Å². The number of hydrogen-bond acceptors (Lipinski definition) is 33. The van der Waals surface area contributed by atoms with E-state index in [9.17, 15) is 123 Å². The normalized spacial score (nSPS) is 42.5. The van der Waals surface area contributed by atoms with Crippen LogP contribution in [0.3, 0.4) is 0 Å². The number of aliphatic hydroxyl groups excluding tert-OH is 24. The minimum Gasteiger partial charge on any atom is -0.506 e. The van der Waals surface area contributed by atoms with Crippen molar-refractivity contribution in [2.24, 2.45) is 0 Å². The second-order valence-electron chi connectivity index (χ2n) is 16.7. The standard InChI is InChI=1S/C42H70O33/c1-2-14-34-26(54)32(60)41(71-14)72-18(6-11-46)24(52)30(58)38(64)68-16(4-9-44)22(50)29(57)39(65)70-19(7-12-47)25(53)36(62)67-15(3-8-43)21(49)28(56)37(63)69-17(5-10-45)23(51)31(59)40(66)74-35-20(13-48)73-42(75-34)33(61)27(35)55/h14-20,26-27,32-35,37-66H,2-13H2,1H3/b28-21-,29-22+,30-24-,31-23-,36-25-. The highest BCUT2D eigenvalue weighted by Gasteiger charge is 2.52. The number of ether oxygens (including phenoxy) is 9. The lowest BCUT2D eigenvalue weighted by molar-refractivity contribution is -0.367. The zero-order valence-electron chi connectivity index (χ0n) is 39.9. The summed E-state index contributed by atoms with van der Waals surface area (Å²) < 4.78 is 48.1. The summed E-state index contributed by atoms with van der Waals surface area (Å²) >= 11 is 0. The van der Waals surface area contributed by atoms with Crippen LogP contribution in [0.25, 0.3) is 0 Å². The number of aliphatic hydroxyl groups is 24. The molecule has 0 aromatic rings. The van der Waals surface area contributed by atoms with Gasteiger partial charge in [0.25, 0.3) is 0 Å². The molecule has 0 aliphatic carbocycles. The average molecular weight is 1100 g/mol. The largest absolute Gasteiger partial charge is 0.506 e. The van der Waals surface area contributed by atoms with Crippen LogP contribution in [0.15, 0.2) is 57.8 Å². The van der Waals surface area contributed by atoms with Gasteiger partial charge in [0.1, 0.15) is 67.1 Å². The molecule has 0 saturated carbocycles. The summed E-state index contributed by atoms with van der Waals surface area (Å²) in [7, 11) is 0. The Morgan fingerprint density at radius 1 is 0.320 bits per heavy atom. The van der Waals surface area contributed by atoms with Gasteiger partial charge in [-0.15, -0.1) is 0 Å². The van der Waals surface area contributed by atoms with Crippen LogP contribution in [-0.4, -0.2) is 279 Å². The Morgan fingerprint density at radius 3 is 1.00 bits per heavy atom. The summed E-state index contributed by atoms with van der Waals surface area (Å²) in [4.78, 5) is 0. The van der Waals surface area contributed by atoms with Crippen molar-refractivity contribution < 1.29 is 165 Å². The molecule has 2 saturated heterocycles. The maximum absolute atomic E-state index is 11.3. The van der Waals surface area contributed by atoms with Gasteiger partial charge in [-0.1, -0.05) is 6.92 Å². The van der Waals surface area contributed by atoms with Gasteiger partial charge in [-0.25, -0.2) is 0 Å².